The van der Waals surface area contributed by atoms with E-state index in [2.05, 4.69) is 4.90 Å². The average molecular weight is 373 g/mol. The number of amides is 2. The highest BCUT2D eigenvalue weighted by Crippen LogP contribution is 2.21. The molecule has 0 N–H and O–H groups in total. The van der Waals surface area contributed by atoms with Crippen LogP contribution in [0.3, 0.4) is 0 Å². The van der Waals surface area contributed by atoms with Crippen molar-refractivity contribution >= 4 is 11.8 Å². The largest absolute Gasteiger partial charge is 0.339 e. The fourth-order valence-corrected chi connectivity index (χ4v) is 4.06. The topological polar surface area (TPSA) is 47.1 Å². The second-order valence-electron chi connectivity index (χ2n) is 7.78. The molecule has 2 saturated heterocycles. The van der Waals surface area contributed by atoms with Crippen molar-refractivity contribution in [2.24, 2.45) is 0 Å². The molecule has 1 unspecified atom stereocenters. The van der Waals surface area contributed by atoms with Crippen LogP contribution in [0.2, 0.25) is 0 Å². The van der Waals surface area contributed by atoms with E-state index in [1.54, 1.807) is 0 Å². The van der Waals surface area contributed by atoms with Gasteiger partial charge in [0, 0.05) is 39.1 Å². The maximum Gasteiger partial charge on any atom is 0.244 e. The van der Waals surface area contributed by atoms with Gasteiger partial charge in [-0.25, -0.2) is 0 Å². The lowest BCUT2D eigenvalue weighted by molar-refractivity contribution is -0.142. The first-order valence-electron chi connectivity index (χ1n) is 10.1. The number of hydrogen-bond donors (Lipinski definition) is 0. The van der Waals surface area contributed by atoms with Crippen LogP contribution in [-0.4, -0.2) is 91.3 Å². The number of carbonyl (C=O) groups excluding carboxylic acids is 2. The molecule has 2 aliphatic rings. The zero-order valence-corrected chi connectivity index (χ0v) is 16.6. The number of nitrogens with zero attached hydrogens (tertiary/aromatic N) is 4. The van der Waals surface area contributed by atoms with E-state index in [1.807, 2.05) is 59.1 Å². The Morgan fingerprint density at radius 3 is 2.11 bits per heavy atom. The monoisotopic (exact) mass is 372 g/mol. The molecule has 0 aromatic heterocycles. The van der Waals surface area contributed by atoms with Gasteiger partial charge in [-0.15, -0.1) is 0 Å². The minimum atomic E-state index is -0.274. The van der Waals surface area contributed by atoms with Crippen molar-refractivity contribution in [3.05, 3.63) is 35.9 Å². The number of carbonyl (C=O) groups is 2. The van der Waals surface area contributed by atoms with Crippen LogP contribution in [-0.2, 0) is 9.59 Å². The van der Waals surface area contributed by atoms with Gasteiger partial charge in [0.25, 0.3) is 0 Å². The fourth-order valence-electron chi connectivity index (χ4n) is 4.06. The Hall–Kier alpha value is -1.92. The molecule has 2 amide bonds. The van der Waals surface area contributed by atoms with Gasteiger partial charge in [0.1, 0.15) is 6.04 Å². The quantitative estimate of drug-likeness (QED) is 0.758. The summed E-state index contributed by atoms with van der Waals surface area (Å²) in [6.45, 7) is 5.63. The Labute approximate surface area is 162 Å². The summed E-state index contributed by atoms with van der Waals surface area (Å²) in [7, 11) is 3.88. The number of likely N-dealkylation sites (N-methyl/N-ethyl adjacent to an activating group) is 1. The van der Waals surface area contributed by atoms with E-state index in [-0.39, 0.29) is 17.9 Å². The summed E-state index contributed by atoms with van der Waals surface area (Å²) < 4.78 is 0. The highest BCUT2D eigenvalue weighted by molar-refractivity contribution is 5.84. The minimum absolute atomic E-state index is 0.121. The number of piperazine rings is 1. The molecular formula is C21H32N4O2. The second-order valence-corrected chi connectivity index (χ2v) is 7.78. The Balaban J connectivity index is 1.51. The average Bonchev–Trinajstić information content (AvgIpc) is 3.20. The van der Waals surface area contributed by atoms with Crippen molar-refractivity contribution in [2.45, 2.75) is 25.3 Å². The molecule has 3 rings (SSSR count). The maximum atomic E-state index is 13.1. The van der Waals surface area contributed by atoms with E-state index in [1.165, 1.54) is 12.8 Å². The molecule has 0 aliphatic carbocycles. The number of hydrogen-bond acceptors (Lipinski definition) is 4. The third-order valence-electron chi connectivity index (χ3n) is 5.65. The van der Waals surface area contributed by atoms with Crippen LogP contribution in [0.25, 0.3) is 0 Å². The first-order chi connectivity index (χ1) is 13.1. The number of benzene rings is 1. The lowest BCUT2D eigenvalue weighted by atomic mass is 10.0. The number of rotatable bonds is 6. The molecule has 6 heteroatoms. The van der Waals surface area contributed by atoms with Crippen LogP contribution in [0.5, 0.6) is 0 Å². The van der Waals surface area contributed by atoms with Gasteiger partial charge in [0.2, 0.25) is 11.8 Å². The van der Waals surface area contributed by atoms with E-state index in [0.717, 1.165) is 25.2 Å². The molecule has 6 nitrogen and oxygen atoms in total. The normalized spacial score (nSPS) is 19.5. The second kappa shape index (κ2) is 9.33. The zero-order chi connectivity index (χ0) is 19.2. The predicted molar refractivity (Wildman–Crippen MR) is 106 cm³/mol. The Morgan fingerprint density at radius 2 is 1.52 bits per heavy atom. The molecule has 148 valence electrons. The minimum Gasteiger partial charge on any atom is -0.339 e. The van der Waals surface area contributed by atoms with Crippen LogP contribution in [0, 0.1) is 0 Å². The van der Waals surface area contributed by atoms with Gasteiger partial charge in [0.05, 0.1) is 0 Å². The molecule has 2 aliphatic heterocycles. The molecule has 2 fully saturated rings. The van der Waals surface area contributed by atoms with Crippen molar-refractivity contribution in [1.82, 2.24) is 19.6 Å². The summed E-state index contributed by atoms with van der Waals surface area (Å²) in [6.07, 6.45) is 3.10. The van der Waals surface area contributed by atoms with Crippen LogP contribution in [0.15, 0.2) is 30.3 Å². The third kappa shape index (κ3) is 5.08. The summed E-state index contributed by atoms with van der Waals surface area (Å²) in [5.74, 6) is 0.344. The fraction of sp³-hybridized carbons (Fsp3) is 0.619. The van der Waals surface area contributed by atoms with Gasteiger partial charge in [-0.2, -0.15) is 0 Å². The Kier molecular flexibility index (Phi) is 6.85. The van der Waals surface area contributed by atoms with Gasteiger partial charge in [0.15, 0.2) is 0 Å². The molecule has 1 atom stereocenters. The SMILES string of the molecule is CN(C)C(C(=O)N1CCN(C(=O)CCN2CCCC2)CC1)c1ccccc1. The molecule has 0 saturated carbocycles. The third-order valence-corrected chi connectivity index (χ3v) is 5.65. The van der Waals surface area contributed by atoms with Gasteiger partial charge in [-0.3, -0.25) is 14.5 Å². The van der Waals surface area contributed by atoms with Gasteiger partial charge < -0.3 is 14.7 Å². The van der Waals surface area contributed by atoms with Crippen molar-refractivity contribution in [3.63, 3.8) is 0 Å². The molecule has 1 aromatic rings. The van der Waals surface area contributed by atoms with E-state index in [0.29, 0.717) is 32.6 Å². The first kappa shape index (κ1) is 19.8. The maximum absolute atomic E-state index is 13.1. The summed E-state index contributed by atoms with van der Waals surface area (Å²) in [4.78, 5) is 33.7. The van der Waals surface area contributed by atoms with Gasteiger partial charge >= 0.3 is 0 Å². The molecule has 0 spiro atoms. The molecule has 0 radical (unpaired) electrons. The van der Waals surface area contributed by atoms with E-state index in [4.69, 9.17) is 0 Å². The van der Waals surface area contributed by atoms with E-state index in [9.17, 15) is 9.59 Å². The van der Waals surface area contributed by atoms with Crippen molar-refractivity contribution in [2.75, 3.05) is 59.9 Å². The summed E-state index contributed by atoms with van der Waals surface area (Å²) in [5, 5.41) is 0. The van der Waals surface area contributed by atoms with Crippen LogP contribution < -0.4 is 0 Å². The lowest BCUT2D eigenvalue weighted by Crippen LogP contribution is -2.53. The van der Waals surface area contributed by atoms with Crippen molar-refractivity contribution in [3.8, 4) is 0 Å². The zero-order valence-electron chi connectivity index (χ0n) is 16.6. The summed E-state index contributed by atoms with van der Waals surface area (Å²) in [6, 6.07) is 9.63. The number of likely N-dealkylation sites (tertiary alicyclic amines) is 1. The van der Waals surface area contributed by atoms with Gasteiger partial charge in [-0.05, 0) is 45.6 Å². The van der Waals surface area contributed by atoms with Crippen LogP contribution in [0.1, 0.15) is 30.9 Å². The molecule has 2 heterocycles. The molecular weight excluding hydrogens is 340 g/mol. The van der Waals surface area contributed by atoms with Crippen molar-refractivity contribution < 1.29 is 9.59 Å². The summed E-state index contributed by atoms with van der Waals surface area (Å²) >= 11 is 0. The van der Waals surface area contributed by atoms with Crippen LogP contribution >= 0.6 is 0 Å². The first-order valence-corrected chi connectivity index (χ1v) is 10.1. The van der Waals surface area contributed by atoms with E-state index < -0.39 is 0 Å². The molecule has 27 heavy (non-hydrogen) atoms. The van der Waals surface area contributed by atoms with Crippen molar-refractivity contribution in [1.29, 1.82) is 0 Å². The highest BCUT2D eigenvalue weighted by Gasteiger charge is 2.31. The van der Waals surface area contributed by atoms with Gasteiger partial charge in [-0.1, -0.05) is 30.3 Å². The lowest BCUT2D eigenvalue weighted by Gasteiger charge is -2.38. The Morgan fingerprint density at radius 1 is 0.926 bits per heavy atom. The smallest absolute Gasteiger partial charge is 0.244 e. The van der Waals surface area contributed by atoms with E-state index >= 15 is 0 Å². The molecule has 0 bridgehead atoms. The predicted octanol–water partition coefficient (Wildman–Crippen LogP) is 1.45. The van der Waals surface area contributed by atoms with Crippen LogP contribution in [0.4, 0.5) is 0 Å². The summed E-state index contributed by atoms with van der Waals surface area (Å²) in [5.41, 5.74) is 1.01. The standard InChI is InChI=1S/C21H32N4O2/c1-22(2)20(18-8-4-3-5-9-18)21(27)25-16-14-24(15-17-25)19(26)10-13-23-11-6-7-12-23/h3-5,8-9,20H,6-7,10-17H2,1-2H3. The Bertz CT molecular complexity index is 620. The highest BCUT2D eigenvalue weighted by atomic mass is 16.2. The molecule has 1 aromatic carbocycles.